The fourth-order valence-electron chi connectivity index (χ4n) is 7.34. The van der Waals surface area contributed by atoms with E-state index in [0.29, 0.717) is 25.7 Å². The number of amides is 1. The van der Waals surface area contributed by atoms with E-state index in [2.05, 4.69) is 40.6 Å². The van der Waals surface area contributed by atoms with Gasteiger partial charge in [-0.25, -0.2) is 27.5 Å². The van der Waals surface area contributed by atoms with Crippen molar-refractivity contribution in [1.82, 2.24) is 25.3 Å². The molecule has 0 atom stereocenters. The van der Waals surface area contributed by atoms with Gasteiger partial charge in [-0.2, -0.15) is 9.97 Å². The van der Waals surface area contributed by atoms with E-state index < -0.39 is 63.9 Å². The number of ketones is 2. The fourth-order valence-corrected chi connectivity index (χ4v) is 7.34. The molecule has 2 aromatic carbocycles. The van der Waals surface area contributed by atoms with Crippen molar-refractivity contribution in [2.24, 2.45) is 5.73 Å². The number of cyclic esters (lactones) is 2. The lowest BCUT2D eigenvalue weighted by molar-refractivity contribution is -0.152. The van der Waals surface area contributed by atoms with Gasteiger partial charge in [0, 0.05) is 43.0 Å². The van der Waals surface area contributed by atoms with Gasteiger partial charge in [-0.15, -0.1) is 0 Å². The van der Waals surface area contributed by atoms with Crippen LogP contribution in [0, 0.1) is 23.3 Å². The number of carbonyl (C=O) groups is 6. The summed E-state index contributed by atoms with van der Waals surface area (Å²) in [5, 5.41) is 17.8. The molecule has 1 saturated heterocycles. The molecule has 3 aliphatic rings. The van der Waals surface area contributed by atoms with Crippen molar-refractivity contribution in [3.63, 3.8) is 0 Å². The Morgan fingerprint density at radius 1 is 0.676 bits per heavy atom. The van der Waals surface area contributed by atoms with E-state index in [4.69, 9.17) is 31.8 Å². The highest BCUT2D eigenvalue weighted by Crippen LogP contribution is 2.30. The average Bonchev–Trinajstić information content (AvgIpc) is 3.70. The Bertz CT molecular complexity index is 2510. The summed E-state index contributed by atoms with van der Waals surface area (Å²) in [7, 11) is 2.49. The largest absolute Gasteiger partial charge is 0.496 e. The van der Waals surface area contributed by atoms with Gasteiger partial charge in [0.05, 0.1) is 44.6 Å². The maximum absolute atomic E-state index is 14.3. The molecule has 0 unspecified atom stereocenters. The fraction of sp³-hybridized carbons (Fsp3) is 0.409. The number of carboxylic acids is 1. The number of nitrogens with two attached hydrogens (primary N) is 3. The van der Waals surface area contributed by atoms with Crippen LogP contribution in [0.4, 0.5) is 41.1 Å². The number of hydrogen-bond donors (Lipinski definition) is 7. The number of anilines is 4. The highest BCUT2D eigenvalue weighted by Gasteiger charge is 2.29. The summed E-state index contributed by atoms with van der Waals surface area (Å²) < 4.78 is 69.7. The van der Waals surface area contributed by atoms with Crippen LogP contribution in [0.1, 0.15) is 109 Å². The minimum atomic E-state index is -1.35. The number of halogens is 4. The van der Waals surface area contributed by atoms with Crippen LogP contribution in [-0.4, -0.2) is 98.8 Å². The van der Waals surface area contributed by atoms with E-state index in [1.54, 1.807) is 0 Å². The number of methoxy groups -OCH3 is 2. The first-order valence-corrected chi connectivity index (χ1v) is 21.3. The minimum Gasteiger partial charge on any atom is -0.496 e. The average molecular weight is 955 g/mol. The monoisotopic (exact) mass is 954 g/mol. The number of nitrogen functional groups attached to an aromatic ring is 2. The standard InChI is InChI=1S/C22H25F2N5O5.C18H21F2N5O2.C4H4O3/c1-34-15-7-6-14(23)19(24)18(15)20(33)13-10-26-22(29-21(13)25)28-12-4-2-11(3-5-12)27-16(30)8-9-17(31)32;1-27-13-7-6-12(19)15(20)14(13)16(26)11-8-23-18(25-17(11)22)24-10-4-2-9(21)3-5-10;5-3-1-2-4(6)7-3/h6-7,10-12H,2-5,8-9H2,1H3,(H,27,30)(H,31,32)(H3,25,26,28,29);6-10H,2-5,21H2,1H3,(H3,22,23,24,25);1-2H2. The topological polar surface area (TPSA) is 316 Å². The second-order valence-corrected chi connectivity index (χ2v) is 15.8. The van der Waals surface area contributed by atoms with E-state index in [9.17, 15) is 46.3 Å². The van der Waals surface area contributed by atoms with Crippen LogP contribution < -0.4 is 42.6 Å². The zero-order valence-electron chi connectivity index (χ0n) is 36.9. The molecule has 4 aromatic rings. The van der Waals surface area contributed by atoms with E-state index in [0.717, 1.165) is 50.1 Å². The number of rotatable bonds is 14. The molecular formula is C44H50F4N10O10. The van der Waals surface area contributed by atoms with Gasteiger partial charge < -0.3 is 52.5 Å². The van der Waals surface area contributed by atoms with E-state index in [1.165, 1.54) is 26.5 Å². The number of hydrogen-bond acceptors (Lipinski definition) is 18. The highest BCUT2D eigenvalue weighted by atomic mass is 19.2. The van der Waals surface area contributed by atoms with Crippen molar-refractivity contribution in [2.75, 3.05) is 36.3 Å². The quantitative estimate of drug-likeness (QED) is 0.0399. The molecule has 1 aliphatic heterocycles. The van der Waals surface area contributed by atoms with Crippen molar-refractivity contribution in [1.29, 1.82) is 0 Å². The third kappa shape index (κ3) is 13.8. The molecule has 68 heavy (non-hydrogen) atoms. The maximum atomic E-state index is 14.3. The smallest absolute Gasteiger partial charge is 0.314 e. The summed E-state index contributed by atoms with van der Waals surface area (Å²) in [5.41, 5.74) is 16.2. The minimum absolute atomic E-state index is 0.00567. The van der Waals surface area contributed by atoms with Crippen molar-refractivity contribution >= 4 is 58.9 Å². The maximum Gasteiger partial charge on any atom is 0.314 e. The molecule has 0 bridgehead atoms. The summed E-state index contributed by atoms with van der Waals surface area (Å²) in [5.74, 6) is -8.99. The third-order valence-corrected chi connectivity index (χ3v) is 11.0. The SMILES string of the molecule is COc1ccc(F)c(F)c1C(=O)c1cnc(NC2CCC(N)CC2)nc1N.COc1ccc(F)c(F)c1C(=O)c1cnc(NC2CCC(NC(=O)CCC(=O)O)CC2)nc1N.O=C1CCC(=O)O1. The molecule has 3 heterocycles. The first-order valence-electron chi connectivity index (χ1n) is 21.3. The molecule has 0 spiro atoms. The van der Waals surface area contributed by atoms with Gasteiger partial charge in [-0.05, 0) is 75.6 Å². The number of esters is 2. The summed E-state index contributed by atoms with van der Waals surface area (Å²) in [6.07, 6.45) is 8.93. The van der Waals surface area contributed by atoms with Crippen molar-refractivity contribution < 1.29 is 65.6 Å². The highest BCUT2D eigenvalue weighted by molar-refractivity contribution is 6.14. The van der Waals surface area contributed by atoms with Crippen LogP contribution >= 0.6 is 0 Å². The number of nitrogens with one attached hydrogen (secondary N) is 3. The Balaban J connectivity index is 0.000000226. The summed E-state index contributed by atoms with van der Waals surface area (Å²) in [6.45, 7) is 0. The second kappa shape index (κ2) is 23.8. The lowest BCUT2D eigenvalue weighted by Gasteiger charge is -2.29. The summed E-state index contributed by atoms with van der Waals surface area (Å²) in [4.78, 5) is 84.2. The molecule has 1 amide bonds. The van der Waals surface area contributed by atoms with Gasteiger partial charge in [0.2, 0.25) is 29.4 Å². The molecule has 364 valence electrons. The molecule has 0 radical (unpaired) electrons. The van der Waals surface area contributed by atoms with Crippen LogP contribution in [-0.2, 0) is 23.9 Å². The van der Waals surface area contributed by atoms with Gasteiger partial charge >= 0.3 is 17.9 Å². The van der Waals surface area contributed by atoms with E-state index in [1.807, 2.05) is 0 Å². The predicted octanol–water partition coefficient (Wildman–Crippen LogP) is 4.39. The third-order valence-electron chi connectivity index (χ3n) is 11.0. The first kappa shape index (κ1) is 51.5. The van der Waals surface area contributed by atoms with Gasteiger partial charge in [-0.3, -0.25) is 28.8 Å². The molecule has 10 N–H and O–H groups in total. The van der Waals surface area contributed by atoms with Crippen molar-refractivity contribution in [3.05, 3.63) is 82.2 Å². The summed E-state index contributed by atoms with van der Waals surface area (Å²) in [6, 6.07) is 4.39. The Kier molecular flexibility index (Phi) is 18.0. The number of ether oxygens (including phenoxy) is 3. The number of benzene rings is 2. The predicted molar refractivity (Wildman–Crippen MR) is 234 cm³/mol. The Morgan fingerprint density at radius 3 is 1.46 bits per heavy atom. The number of nitrogens with zero attached hydrogens (tertiary/aromatic N) is 4. The van der Waals surface area contributed by atoms with Gasteiger partial charge in [-0.1, -0.05) is 0 Å². The van der Waals surface area contributed by atoms with Gasteiger partial charge in [0.25, 0.3) is 0 Å². The van der Waals surface area contributed by atoms with Gasteiger partial charge in [0.15, 0.2) is 23.3 Å². The van der Waals surface area contributed by atoms with Crippen molar-refractivity contribution in [3.8, 4) is 11.5 Å². The number of carboxylic acid groups (broad SMARTS) is 1. The zero-order chi connectivity index (χ0) is 49.7. The Morgan fingerprint density at radius 2 is 1.09 bits per heavy atom. The molecule has 7 rings (SSSR count). The van der Waals surface area contributed by atoms with Crippen molar-refractivity contribution in [2.45, 2.75) is 101 Å². The molecule has 2 aromatic heterocycles. The number of aliphatic carboxylic acids is 1. The molecule has 24 heteroatoms. The van der Waals surface area contributed by atoms with E-state index in [-0.39, 0.29) is 102 Å². The first-order chi connectivity index (χ1) is 32.4. The summed E-state index contributed by atoms with van der Waals surface area (Å²) >= 11 is 0. The van der Waals surface area contributed by atoms with Crippen LogP contribution in [0.2, 0.25) is 0 Å². The normalized spacial score (nSPS) is 18.6. The van der Waals surface area contributed by atoms with Crippen LogP contribution in [0.15, 0.2) is 36.7 Å². The molecule has 2 saturated carbocycles. The lowest BCUT2D eigenvalue weighted by atomic mass is 9.91. The number of aromatic nitrogens is 4. The lowest BCUT2D eigenvalue weighted by Crippen LogP contribution is -2.40. The Hall–Kier alpha value is -7.50. The zero-order valence-corrected chi connectivity index (χ0v) is 36.9. The second-order valence-electron chi connectivity index (χ2n) is 15.8. The van der Waals surface area contributed by atoms with Gasteiger partial charge in [0.1, 0.15) is 34.3 Å². The Labute approximate surface area is 386 Å². The van der Waals surface area contributed by atoms with Crippen LogP contribution in [0.5, 0.6) is 11.5 Å². The number of carbonyl (C=O) groups excluding carboxylic acids is 5. The van der Waals surface area contributed by atoms with E-state index >= 15 is 0 Å². The van der Waals surface area contributed by atoms with Crippen LogP contribution in [0.25, 0.3) is 0 Å². The molecule has 3 fully saturated rings. The molecule has 2 aliphatic carbocycles. The molecular weight excluding hydrogens is 905 g/mol. The van der Waals surface area contributed by atoms with Crippen LogP contribution in [0.3, 0.4) is 0 Å². The molecule has 20 nitrogen and oxygen atoms in total.